The van der Waals surface area contributed by atoms with E-state index < -0.39 is 11.7 Å². The summed E-state index contributed by atoms with van der Waals surface area (Å²) >= 11 is 0. The average molecular weight is 365 g/mol. The Morgan fingerprint density at radius 2 is 1.38 bits per heavy atom. The third kappa shape index (κ3) is 5.20. The first-order chi connectivity index (χ1) is 12.5. The Morgan fingerprint density at radius 3 is 1.88 bits per heavy atom. The predicted molar refractivity (Wildman–Crippen MR) is 106 cm³/mol. The maximum atomic E-state index is 13.6. The maximum absolute atomic E-state index is 13.6. The molecule has 2 saturated carbocycles. The molecule has 1 atom stereocenters. The summed E-state index contributed by atoms with van der Waals surface area (Å²) in [6.45, 7) is 4.40. The van der Waals surface area contributed by atoms with Gasteiger partial charge in [-0.25, -0.2) is 8.78 Å². The minimum absolute atomic E-state index is 0.186. The third-order valence-electron chi connectivity index (χ3n) is 7.72. The average Bonchev–Trinajstić information content (AvgIpc) is 2.65. The van der Waals surface area contributed by atoms with Gasteiger partial charge in [-0.15, -0.1) is 0 Å². The van der Waals surface area contributed by atoms with Crippen LogP contribution in [0.4, 0.5) is 8.78 Å². The second-order valence-corrected chi connectivity index (χ2v) is 9.79. The van der Waals surface area contributed by atoms with Gasteiger partial charge in [-0.05, 0) is 86.2 Å². The van der Waals surface area contributed by atoms with Gasteiger partial charge in [0.25, 0.3) is 0 Å². The van der Waals surface area contributed by atoms with Crippen LogP contribution in [-0.2, 0) is 0 Å². The van der Waals surface area contributed by atoms with E-state index in [4.69, 9.17) is 0 Å². The molecule has 0 aromatic carbocycles. The van der Waals surface area contributed by atoms with E-state index in [0.29, 0.717) is 6.42 Å². The van der Waals surface area contributed by atoms with Gasteiger partial charge in [0.15, 0.2) is 11.7 Å². The predicted octanol–water partition coefficient (Wildman–Crippen LogP) is 8.30. The summed E-state index contributed by atoms with van der Waals surface area (Å²) in [5.74, 6) is 2.44. The molecule has 2 heteroatoms. The van der Waals surface area contributed by atoms with E-state index >= 15 is 0 Å². The Kier molecular flexibility index (Phi) is 6.97. The van der Waals surface area contributed by atoms with Crippen molar-refractivity contribution in [2.75, 3.05) is 0 Å². The molecule has 0 aliphatic heterocycles. The first-order valence-electron chi connectivity index (χ1n) is 11.2. The number of rotatable bonds is 6. The first kappa shape index (κ1) is 20.1. The molecule has 0 radical (unpaired) electrons. The molecule has 0 saturated heterocycles. The topological polar surface area (TPSA) is 0 Å². The maximum Gasteiger partial charge on any atom is 0.155 e. The Morgan fingerprint density at radius 1 is 0.846 bits per heavy atom. The number of allylic oxidation sites excluding steroid dienone is 4. The van der Waals surface area contributed by atoms with Crippen LogP contribution in [0, 0.1) is 29.1 Å². The van der Waals surface area contributed by atoms with Gasteiger partial charge >= 0.3 is 0 Å². The number of hydrogen-bond acceptors (Lipinski definition) is 0. The summed E-state index contributed by atoms with van der Waals surface area (Å²) < 4.78 is 26.8. The van der Waals surface area contributed by atoms with E-state index in [1.165, 1.54) is 82.8 Å². The van der Waals surface area contributed by atoms with Gasteiger partial charge in [0.2, 0.25) is 0 Å². The fraction of sp³-hybridized carbons (Fsp3) is 0.833. The Balaban J connectivity index is 1.38. The van der Waals surface area contributed by atoms with Crippen molar-refractivity contribution < 1.29 is 8.78 Å². The number of hydrogen-bond donors (Lipinski definition) is 0. The van der Waals surface area contributed by atoms with Crippen LogP contribution in [0.3, 0.4) is 0 Å². The Labute approximate surface area is 159 Å². The zero-order valence-electron chi connectivity index (χ0n) is 16.9. The van der Waals surface area contributed by atoms with Crippen molar-refractivity contribution in [2.24, 2.45) is 29.1 Å². The molecule has 0 spiro atoms. The van der Waals surface area contributed by atoms with Gasteiger partial charge in [-0.2, -0.15) is 0 Å². The first-order valence-corrected chi connectivity index (χ1v) is 11.2. The van der Waals surface area contributed by atoms with Crippen LogP contribution in [0.2, 0.25) is 0 Å². The molecule has 0 amide bonds. The smallest absolute Gasteiger partial charge is 0.155 e. The molecule has 0 bridgehead atoms. The van der Waals surface area contributed by atoms with E-state index in [-0.39, 0.29) is 5.41 Å². The van der Waals surface area contributed by atoms with Gasteiger partial charge in [-0.3, -0.25) is 0 Å². The zero-order chi connectivity index (χ0) is 18.6. The largest absolute Gasteiger partial charge is 0.204 e. The van der Waals surface area contributed by atoms with Crippen molar-refractivity contribution in [3.8, 4) is 0 Å². The molecule has 3 aliphatic rings. The van der Waals surface area contributed by atoms with Crippen LogP contribution in [-0.4, -0.2) is 0 Å². The molecule has 1 unspecified atom stereocenters. The SMILES string of the molecule is CCC[C@H]1CC[C@H]([C@H]2CC[C@H](CCC3(C)C=C(F)C(F)=CC3)CC2)CC1. The normalized spacial score (nSPS) is 38.6. The summed E-state index contributed by atoms with van der Waals surface area (Å²) in [5, 5.41) is 0. The van der Waals surface area contributed by atoms with E-state index in [1.54, 1.807) is 0 Å². The molecule has 0 N–H and O–H groups in total. The zero-order valence-corrected chi connectivity index (χ0v) is 16.9. The summed E-state index contributed by atoms with van der Waals surface area (Å²) in [6.07, 6.45) is 20.0. The molecule has 0 aromatic rings. The summed E-state index contributed by atoms with van der Waals surface area (Å²) in [4.78, 5) is 0. The van der Waals surface area contributed by atoms with Gasteiger partial charge in [-0.1, -0.05) is 52.4 Å². The third-order valence-corrected chi connectivity index (χ3v) is 7.72. The van der Waals surface area contributed by atoms with Crippen LogP contribution >= 0.6 is 0 Å². The second kappa shape index (κ2) is 9.02. The number of halogens is 2. The van der Waals surface area contributed by atoms with E-state index in [9.17, 15) is 8.78 Å². The highest BCUT2D eigenvalue weighted by Crippen LogP contribution is 2.45. The minimum Gasteiger partial charge on any atom is -0.204 e. The monoisotopic (exact) mass is 364 g/mol. The summed E-state index contributed by atoms with van der Waals surface area (Å²) in [7, 11) is 0. The van der Waals surface area contributed by atoms with E-state index in [2.05, 4.69) is 13.8 Å². The van der Waals surface area contributed by atoms with Gasteiger partial charge in [0.1, 0.15) is 0 Å². The van der Waals surface area contributed by atoms with Crippen LogP contribution in [0.25, 0.3) is 0 Å². The van der Waals surface area contributed by atoms with Crippen molar-refractivity contribution in [3.63, 3.8) is 0 Å². The van der Waals surface area contributed by atoms with Gasteiger partial charge in [0.05, 0.1) is 0 Å². The molecule has 148 valence electrons. The molecule has 2 fully saturated rings. The van der Waals surface area contributed by atoms with Crippen molar-refractivity contribution in [2.45, 2.75) is 97.3 Å². The van der Waals surface area contributed by atoms with E-state index in [0.717, 1.165) is 30.1 Å². The molecule has 0 aromatic heterocycles. The van der Waals surface area contributed by atoms with E-state index in [1.807, 2.05) is 0 Å². The Hall–Kier alpha value is -0.660. The van der Waals surface area contributed by atoms with Crippen LogP contribution < -0.4 is 0 Å². The van der Waals surface area contributed by atoms with Crippen molar-refractivity contribution in [1.29, 1.82) is 0 Å². The van der Waals surface area contributed by atoms with Gasteiger partial charge < -0.3 is 0 Å². The molecule has 0 heterocycles. The lowest BCUT2D eigenvalue weighted by Crippen LogP contribution is -2.26. The highest BCUT2D eigenvalue weighted by atomic mass is 19.2. The van der Waals surface area contributed by atoms with Gasteiger partial charge in [0, 0.05) is 0 Å². The fourth-order valence-corrected chi connectivity index (χ4v) is 5.87. The highest BCUT2D eigenvalue weighted by molar-refractivity contribution is 5.26. The Bertz CT molecular complexity index is 504. The molecule has 3 rings (SSSR count). The van der Waals surface area contributed by atoms with Crippen molar-refractivity contribution >= 4 is 0 Å². The molecule has 26 heavy (non-hydrogen) atoms. The lowest BCUT2D eigenvalue weighted by atomic mass is 9.67. The minimum atomic E-state index is -0.670. The highest BCUT2D eigenvalue weighted by Gasteiger charge is 2.32. The molecular formula is C24H38F2. The van der Waals surface area contributed by atoms with Crippen molar-refractivity contribution in [1.82, 2.24) is 0 Å². The second-order valence-electron chi connectivity index (χ2n) is 9.79. The summed E-state index contributed by atoms with van der Waals surface area (Å²) in [5.41, 5.74) is -0.186. The standard InChI is InChI=1S/C24H38F2/c1-3-4-18-5-9-20(10-6-18)21-11-7-19(8-12-21)13-15-24(2)16-14-22(25)23(26)17-24/h14,17-21H,3-13,15-16H2,1-2H3/t18-,19-,20-,21-,24?. The molecular weight excluding hydrogens is 326 g/mol. The summed E-state index contributed by atoms with van der Waals surface area (Å²) in [6, 6.07) is 0. The van der Waals surface area contributed by atoms with Crippen LogP contribution in [0.15, 0.2) is 23.8 Å². The quantitative estimate of drug-likeness (QED) is 0.444. The van der Waals surface area contributed by atoms with Crippen LogP contribution in [0.5, 0.6) is 0 Å². The lowest BCUT2D eigenvalue weighted by molar-refractivity contribution is 0.136. The van der Waals surface area contributed by atoms with Crippen LogP contribution in [0.1, 0.15) is 97.3 Å². The van der Waals surface area contributed by atoms with Crippen molar-refractivity contribution in [3.05, 3.63) is 23.8 Å². The molecule has 3 aliphatic carbocycles. The fourth-order valence-electron chi connectivity index (χ4n) is 5.87. The lowest BCUT2D eigenvalue weighted by Gasteiger charge is -2.38. The molecule has 0 nitrogen and oxygen atoms in total.